The van der Waals surface area contributed by atoms with Crippen molar-refractivity contribution in [2.45, 2.75) is 43.9 Å². The van der Waals surface area contributed by atoms with E-state index < -0.39 is 28.5 Å². The van der Waals surface area contributed by atoms with Crippen LogP contribution in [-0.4, -0.2) is 27.5 Å². The van der Waals surface area contributed by atoms with Gasteiger partial charge < -0.3 is 9.47 Å². The Labute approximate surface area is 135 Å². The van der Waals surface area contributed by atoms with Crippen molar-refractivity contribution in [3.05, 3.63) is 34.9 Å². The lowest BCUT2D eigenvalue weighted by Crippen LogP contribution is -2.31. The minimum atomic E-state index is -3.90. The first-order valence-corrected chi connectivity index (χ1v) is 8.95. The molecule has 0 radical (unpaired) electrons. The zero-order chi connectivity index (χ0) is 15.8. The molecule has 1 N–H and O–H groups in total. The topological polar surface area (TPSA) is 73.9 Å². The van der Waals surface area contributed by atoms with Crippen LogP contribution in [0.25, 0.3) is 0 Å². The van der Waals surface area contributed by atoms with Gasteiger partial charge in [0.15, 0.2) is 5.79 Å². The van der Waals surface area contributed by atoms with Gasteiger partial charge in [-0.3, -0.25) is 0 Å². The van der Waals surface area contributed by atoms with Gasteiger partial charge in [-0.15, -0.1) is 0 Å². The third-order valence-corrected chi connectivity index (χ3v) is 5.26. The minimum absolute atomic E-state index is 0.488. The molecule has 2 aliphatic rings. The van der Waals surface area contributed by atoms with Crippen molar-refractivity contribution in [3.63, 3.8) is 0 Å². The Balaban J connectivity index is 1.92. The molecule has 2 atom stereocenters. The molecule has 2 unspecified atom stereocenters. The average Bonchev–Trinajstić information content (AvgIpc) is 3.07. The standard InChI is InChI=1S/C14H18ClNO5S/c1-16-22(17,18)21-13-12(10-6-2-3-7-11(10)15)19-14(20-13)8-4-5-9-14/h2-3,6-7,12-13,16H,4-5,8-9H2,1H3. The van der Waals surface area contributed by atoms with Crippen LogP contribution in [0.1, 0.15) is 37.4 Å². The van der Waals surface area contributed by atoms with E-state index in [-0.39, 0.29) is 0 Å². The molecule has 1 spiro atoms. The van der Waals surface area contributed by atoms with Crippen LogP contribution in [0.5, 0.6) is 0 Å². The lowest BCUT2D eigenvalue weighted by Gasteiger charge is -2.21. The molecule has 3 rings (SSSR count). The van der Waals surface area contributed by atoms with Gasteiger partial charge in [0, 0.05) is 30.5 Å². The zero-order valence-electron chi connectivity index (χ0n) is 12.1. The number of nitrogens with one attached hydrogen (secondary N) is 1. The summed E-state index contributed by atoms with van der Waals surface area (Å²) < 4.78 is 42.6. The van der Waals surface area contributed by atoms with Crippen LogP contribution in [0.15, 0.2) is 24.3 Å². The van der Waals surface area contributed by atoms with Crippen LogP contribution in [0.3, 0.4) is 0 Å². The number of rotatable bonds is 4. The molecule has 1 aliphatic carbocycles. The largest absolute Gasteiger partial charge is 0.338 e. The predicted octanol–water partition coefficient (Wildman–Crippen LogP) is 2.51. The molecule has 22 heavy (non-hydrogen) atoms. The lowest BCUT2D eigenvalue weighted by molar-refractivity contribution is -0.188. The van der Waals surface area contributed by atoms with E-state index in [1.807, 2.05) is 6.07 Å². The molecule has 6 nitrogen and oxygen atoms in total. The normalized spacial score (nSPS) is 27.5. The summed E-state index contributed by atoms with van der Waals surface area (Å²) in [6.45, 7) is 0. The van der Waals surface area contributed by atoms with Crippen molar-refractivity contribution < 1.29 is 22.1 Å². The Morgan fingerprint density at radius 3 is 2.59 bits per heavy atom. The molecule has 8 heteroatoms. The highest BCUT2D eigenvalue weighted by atomic mass is 35.5. The first kappa shape index (κ1) is 16.2. The number of hydrogen-bond donors (Lipinski definition) is 1. The summed E-state index contributed by atoms with van der Waals surface area (Å²) in [7, 11) is -2.62. The van der Waals surface area contributed by atoms with Gasteiger partial charge in [-0.1, -0.05) is 29.8 Å². The van der Waals surface area contributed by atoms with Gasteiger partial charge in [0.2, 0.25) is 6.29 Å². The second kappa shape index (κ2) is 6.07. The average molecular weight is 348 g/mol. The van der Waals surface area contributed by atoms with Crippen molar-refractivity contribution in [1.29, 1.82) is 0 Å². The maximum absolute atomic E-state index is 11.7. The SMILES string of the molecule is CNS(=O)(=O)OC1OC2(CCCC2)OC1c1ccccc1Cl. The maximum atomic E-state index is 11.7. The molecule has 1 saturated heterocycles. The summed E-state index contributed by atoms with van der Waals surface area (Å²) in [5.74, 6) is -0.780. The van der Waals surface area contributed by atoms with E-state index in [2.05, 4.69) is 4.72 Å². The summed E-state index contributed by atoms with van der Waals surface area (Å²) in [6, 6.07) is 7.12. The van der Waals surface area contributed by atoms with Crippen LogP contribution in [-0.2, 0) is 24.0 Å². The molecular formula is C14H18ClNO5S. The predicted molar refractivity (Wildman–Crippen MR) is 80.4 cm³/mol. The van der Waals surface area contributed by atoms with E-state index in [1.165, 1.54) is 7.05 Å². The molecule has 0 bridgehead atoms. The molecule has 1 aromatic carbocycles. The van der Waals surface area contributed by atoms with Crippen molar-refractivity contribution >= 4 is 21.9 Å². The Bertz CT molecular complexity index is 644. The Hall–Kier alpha value is -0.700. The van der Waals surface area contributed by atoms with Crippen molar-refractivity contribution in [2.75, 3.05) is 7.05 Å². The van der Waals surface area contributed by atoms with Gasteiger partial charge in [0.1, 0.15) is 6.10 Å². The summed E-state index contributed by atoms with van der Waals surface area (Å²) >= 11 is 6.21. The van der Waals surface area contributed by atoms with Gasteiger partial charge in [-0.2, -0.15) is 13.1 Å². The third-order valence-electron chi connectivity index (χ3n) is 3.97. The molecule has 0 aromatic heterocycles. The number of ether oxygens (including phenoxy) is 2. The van der Waals surface area contributed by atoms with Crippen LogP contribution in [0.4, 0.5) is 0 Å². The number of halogens is 1. The fourth-order valence-corrected chi connectivity index (χ4v) is 3.63. The van der Waals surface area contributed by atoms with Crippen LogP contribution < -0.4 is 4.72 Å². The number of hydrogen-bond acceptors (Lipinski definition) is 5. The van der Waals surface area contributed by atoms with Gasteiger partial charge in [0.25, 0.3) is 0 Å². The molecular weight excluding hydrogens is 330 g/mol. The smallest absolute Gasteiger partial charge is 0.336 e. The Kier molecular flexibility index (Phi) is 4.46. The van der Waals surface area contributed by atoms with Crippen LogP contribution in [0, 0.1) is 0 Å². The highest BCUT2D eigenvalue weighted by Crippen LogP contribution is 2.48. The fraction of sp³-hybridized carbons (Fsp3) is 0.571. The fourth-order valence-electron chi connectivity index (χ4n) is 2.90. The molecule has 1 aromatic rings. The second-order valence-corrected chi connectivity index (χ2v) is 7.33. The van der Waals surface area contributed by atoms with E-state index in [0.29, 0.717) is 23.4 Å². The lowest BCUT2D eigenvalue weighted by atomic mass is 10.1. The van der Waals surface area contributed by atoms with E-state index in [1.54, 1.807) is 18.2 Å². The minimum Gasteiger partial charge on any atom is -0.336 e. The van der Waals surface area contributed by atoms with E-state index in [4.69, 9.17) is 25.3 Å². The molecule has 1 saturated carbocycles. The van der Waals surface area contributed by atoms with Crippen LogP contribution in [0.2, 0.25) is 5.02 Å². The van der Waals surface area contributed by atoms with E-state index in [9.17, 15) is 8.42 Å². The highest BCUT2D eigenvalue weighted by Gasteiger charge is 2.52. The monoisotopic (exact) mass is 347 g/mol. The molecule has 2 fully saturated rings. The van der Waals surface area contributed by atoms with Crippen molar-refractivity contribution in [2.24, 2.45) is 0 Å². The summed E-state index contributed by atoms with van der Waals surface area (Å²) in [4.78, 5) is 0. The van der Waals surface area contributed by atoms with Crippen LogP contribution >= 0.6 is 11.6 Å². The first-order chi connectivity index (χ1) is 10.4. The van der Waals surface area contributed by atoms with Gasteiger partial charge >= 0.3 is 10.3 Å². The molecule has 1 heterocycles. The Morgan fingerprint density at radius 1 is 1.27 bits per heavy atom. The van der Waals surface area contributed by atoms with Crippen molar-refractivity contribution in [1.82, 2.24) is 4.72 Å². The first-order valence-electron chi connectivity index (χ1n) is 7.16. The van der Waals surface area contributed by atoms with Gasteiger partial charge in [-0.05, 0) is 18.9 Å². The Morgan fingerprint density at radius 2 is 1.95 bits per heavy atom. The molecule has 0 amide bonds. The summed E-state index contributed by atoms with van der Waals surface area (Å²) in [6.07, 6.45) is 1.63. The van der Waals surface area contributed by atoms with E-state index >= 15 is 0 Å². The van der Waals surface area contributed by atoms with Gasteiger partial charge in [-0.25, -0.2) is 4.18 Å². The molecule has 122 valence electrons. The zero-order valence-corrected chi connectivity index (χ0v) is 13.7. The maximum Gasteiger partial charge on any atom is 0.338 e. The number of benzene rings is 1. The van der Waals surface area contributed by atoms with Gasteiger partial charge in [0.05, 0.1) is 0 Å². The quantitative estimate of drug-likeness (QED) is 0.905. The van der Waals surface area contributed by atoms with E-state index in [0.717, 1.165) is 12.8 Å². The summed E-state index contributed by atoms with van der Waals surface area (Å²) in [5.41, 5.74) is 0.657. The highest BCUT2D eigenvalue weighted by molar-refractivity contribution is 7.84. The van der Waals surface area contributed by atoms with Crippen molar-refractivity contribution in [3.8, 4) is 0 Å². The second-order valence-electron chi connectivity index (χ2n) is 5.42. The third kappa shape index (κ3) is 3.15. The molecule has 1 aliphatic heterocycles. The summed E-state index contributed by atoms with van der Waals surface area (Å²) in [5, 5.41) is 0.488.